The summed E-state index contributed by atoms with van der Waals surface area (Å²) < 4.78 is 26.7. The first-order valence-electron chi connectivity index (χ1n) is 7.00. The van der Waals surface area contributed by atoms with Crippen molar-refractivity contribution in [2.45, 2.75) is 6.92 Å². The molecule has 0 saturated carbocycles. The van der Waals surface area contributed by atoms with E-state index in [2.05, 4.69) is 20.6 Å². The zero-order valence-electron chi connectivity index (χ0n) is 12.3. The number of halogens is 2. The number of rotatable bonds is 4. The highest BCUT2D eigenvalue weighted by Gasteiger charge is 2.07. The Morgan fingerprint density at radius 3 is 2.39 bits per heavy atom. The molecule has 6 heteroatoms. The molecule has 3 rings (SSSR count). The van der Waals surface area contributed by atoms with Gasteiger partial charge in [-0.15, -0.1) is 0 Å². The first-order valence-corrected chi connectivity index (χ1v) is 7.00. The van der Waals surface area contributed by atoms with Crippen LogP contribution in [-0.2, 0) is 0 Å². The van der Waals surface area contributed by atoms with Crippen molar-refractivity contribution in [2.75, 3.05) is 10.6 Å². The molecular weight excluding hydrogens is 298 g/mol. The largest absolute Gasteiger partial charge is 0.338 e. The van der Waals surface area contributed by atoms with Crippen molar-refractivity contribution < 1.29 is 8.78 Å². The van der Waals surface area contributed by atoms with Crippen molar-refractivity contribution in [3.63, 3.8) is 0 Å². The molecule has 0 fully saturated rings. The molecular formula is C17H14F2N4. The van der Waals surface area contributed by atoms with Crippen molar-refractivity contribution >= 4 is 23.1 Å². The van der Waals surface area contributed by atoms with E-state index in [4.69, 9.17) is 0 Å². The van der Waals surface area contributed by atoms with Crippen molar-refractivity contribution in [3.8, 4) is 0 Å². The predicted octanol–water partition coefficient (Wildman–Crippen LogP) is 4.55. The van der Waals surface area contributed by atoms with Crippen molar-refractivity contribution in [1.82, 2.24) is 9.97 Å². The number of para-hydroxylation sites is 1. The number of hydrogen-bond donors (Lipinski definition) is 2. The summed E-state index contributed by atoms with van der Waals surface area (Å²) in [5, 5.41) is 5.91. The van der Waals surface area contributed by atoms with Crippen molar-refractivity contribution in [2.24, 2.45) is 0 Å². The third kappa shape index (κ3) is 3.79. The normalized spacial score (nSPS) is 10.4. The van der Waals surface area contributed by atoms with E-state index in [0.717, 1.165) is 11.8 Å². The molecule has 0 unspecified atom stereocenters. The first kappa shape index (κ1) is 14.9. The van der Waals surface area contributed by atoms with Gasteiger partial charge in [0.05, 0.1) is 5.69 Å². The number of aryl methyl sites for hydroxylation is 1. The van der Waals surface area contributed by atoms with E-state index in [1.165, 1.54) is 12.1 Å². The van der Waals surface area contributed by atoms with Crippen LogP contribution >= 0.6 is 0 Å². The Kier molecular flexibility index (Phi) is 4.14. The van der Waals surface area contributed by atoms with E-state index < -0.39 is 11.6 Å². The van der Waals surface area contributed by atoms with Gasteiger partial charge in [-0.2, -0.15) is 4.98 Å². The van der Waals surface area contributed by atoms with E-state index in [-0.39, 0.29) is 5.69 Å². The van der Waals surface area contributed by atoms with Gasteiger partial charge in [0, 0.05) is 23.5 Å². The fourth-order valence-corrected chi connectivity index (χ4v) is 2.07. The summed E-state index contributed by atoms with van der Waals surface area (Å²) in [6.07, 6.45) is 0. The number of anilines is 4. The van der Waals surface area contributed by atoms with E-state index in [9.17, 15) is 8.78 Å². The van der Waals surface area contributed by atoms with E-state index >= 15 is 0 Å². The summed E-state index contributed by atoms with van der Waals surface area (Å²) in [6, 6.07) is 14.5. The van der Waals surface area contributed by atoms with Gasteiger partial charge in [-0.1, -0.05) is 18.2 Å². The van der Waals surface area contributed by atoms with Crippen LogP contribution in [0.5, 0.6) is 0 Å². The summed E-state index contributed by atoms with van der Waals surface area (Å²) in [5.74, 6) is -0.500. The molecule has 2 aromatic carbocycles. The topological polar surface area (TPSA) is 49.8 Å². The van der Waals surface area contributed by atoms with Crippen molar-refractivity contribution in [1.29, 1.82) is 0 Å². The molecule has 4 nitrogen and oxygen atoms in total. The highest BCUT2D eigenvalue weighted by Crippen LogP contribution is 2.21. The van der Waals surface area contributed by atoms with E-state index in [1.807, 2.05) is 37.3 Å². The second kappa shape index (κ2) is 6.39. The van der Waals surface area contributed by atoms with Crippen LogP contribution in [0.3, 0.4) is 0 Å². The van der Waals surface area contributed by atoms with Gasteiger partial charge in [-0.05, 0) is 31.2 Å². The molecule has 0 saturated heterocycles. The maximum absolute atomic E-state index is 13.7. The van der Waals surface area contributed by atoms with Crippen LogP contribution < -0.4 is 10.6 Å². The molecule has 0 amide bonds. The van der Waals surface area contributed by atoms with Gasteiger partial charge in [0.2, 0.25) is 5.95 Å². The van der Waals surface area contributed by atoms with Crippen LogP contribution in [0.2, 0.25) is 0 Å². The van der Waals surface area contributed by atoms with Gasteiger partial charge in [-0.3, -0.25) is 0 Å². The van der Waals surface area contributed by atoms with E-state index in [0.29, 0.717) is 17.5 Å². The summed E-state index contributed by atoms with van der Waals surface area (Å²) in [7, 11) is 0. The average Bonchev–Trinajstić information content (AvgIpc) is 2.50. The zero-order valence-corrected chi connectivity index (χ0v) is 12.3. The molecule has 2 N–H and O–H groups in total. The van der Waals surface area contributed by atoms with Crippen LogP contribution in [0.4, 0.5) is 31.9 Å². The summed E-state index contributed by atoms with van der Waals surface area (Å²) in [4.78, 5) is 8.59. The van der Waals surface area contributed by atoms with Gasteiger partial charge in [0.1, 0.15) is 17.5 Å². The molecule has 0 spiro atoms. The lowest BCUT2D eigenvalue weighted by Gasteiger charge is -2.10. The third-order valence-electron chi connectivity index (χ3n) is 3.08. The molecule has 0 aliphatic rings. The Morgan fingerprint density at radius 1 is 0.870 bits per heavy atom. The summed E-state index contributed by atoms with van der Waals surface area (Å²) >= 11 is 0. The lowest BCUT2D eigenvalue weighted by Crippen LogP contribution is -2.03. The highest BCUT2D eigenvalue weighted by atomic mass is 19.1. The Morgan fingerprint density at radius 2 is 1.65 bits per heavy atom. The summed E-state index contributed by atoms with van der Waals surface area (Å²) in [6.45, 7) is 1.81. The van der Waals surface area contributed by atoms with Crippen LogP contribution in [0.25, 0.3) is 0 Å². The monoisotopic (exact) mass is 312 g/mol. The lowest BCUT2D eigenvalue weighted by molar-refractivity contribution is 0.586. The SMILES string of the molecule is Cc1cc(Nc2ccc(F)cc2F)nc(Nc2ccccc2)n1. The molecule has 0 bridgehead atoms. The van der Waals surface area contributed by atoms with Crippen LogP contribution in [-0.4, -0.2) is 9.97 Å². The number of hydrogen-bond acceptors (Lipinski definition) is 4. The molecule has 1 aromatic heterocycles. The molecule has 116 valence electrons. The number of nitrogens with zero attached hydrogens (tertiary/aromatic N) is 2. The molecule has 0 atom stereocenters. The summed E-state index contributed by atoms with van der Waals surface area (Å²) in [5.41, 5.74) is 1.70. The number of aromatic nitrogens is 2. The maximum Gasteiger partial charge on any atom is 0.229 e. The molecule has 0 aliphatic heterocycles. The molecule has 23 heavy (non-hydrogen) atoms. The third-order valence-corrected chi connectivity index (χ3v) is 3.08. The second-order valence-electron chi connectivity index (χ2n) is 4.96. The Bertz CT molecular complexity index is 822. The van der Waals surface area contributed by atoms with Crippen LogP contribution in [0.15, 0.2) is 54.6 Å². The fourth-order valence-electron chi connectivity index (χ4n) is 2.07. The van der Waals surface area contributed by atoms with Gasteiger partial charge in [0.15, 0.2) is 0 Å². The minimum atomic E-state index is -0.682. The standard InChI is InChI=1S/C17H14F2N4/c1-11-9-16(22-15-8-7-12(18)10-14(15)19)23-17(20-11)21-13-5-3-2-4-6-13/h2-10H,1H3,(H2,20,21,22,23). The Labute approximate surface area is 132 Å². The first-order chi connectivity index (χ1) is 11.1. The molecule has 0 radical (unpaired) electrons. The van der Waals surface area contributed by atoms with Gasteiger partial charge < -0.3 is 10.6 Å². The van der Waals surface area contributed by atoms with Crippen molar-refractivity contribution in [3.05, 3.63) is 71.9 Å². The average molecular weight is 312 g/mol. The quantitative estimate of drug-likeness (QED) is 0.742. The Balaban J connectivity index is 1.85. The molecule has 0 aliphatic carbocycles. The maximum atomic E-state index is 13.7. The van der Waals surface area contributed by atoms with Gasteiger partial charge in [0.25, 0.3) is 0 Å². The Hall–Kier alpha value is -3.02. The lowest BCUT2D eigenvalue weighted by atomic mass is 10.3. The fraction of sp³-hybridized carbons (Fsp3) is 0.0588. The number of benzene rings is 2. The van der Waals surface area contributed by atoms with Crippen LogP contribution in [0.1, 0.15) is 5.69 Å². The van der Waals surface area contributed by atoms with E-state index in [1.54, 1.807) is 6.07 Å². The van der Waals surface area contributed by atoms with Gasteiger partial charge >= 0.3 is 0 Å². The predicted molar refractivity (Wildman–Crippen MR) is 86.1 cm³/mol. The molecule has 3 aromatic rings. The minimum Gasteiger partial charge on any atom is -0.338 e. The number of nitrogens with one attached hydrogen (secondary N) is 2. The van der Waals surface area contributed by atoms with Crippen LogP contribution in [0, 0.1) is 18.6 Å². The minimum absolute atomic E-state index is 0.148. The molecule has 1 heterocycles. The van der Waals surface area contributed by atoms with Gasteiger partial charge in [-0.25, -0.2) is 13.8 Å². The smallest absolute Gasteiger partial charge is 0.229 e. The second-order valence-corrected chi connectivity index (χ2v) is 4.96. The zero-order chi connectivity index (χ0) is 16.2. The highest BCUT2D eigenvalue weighted by molar-refractivity contribution is 5.60.